The van der Waals surface area contributed by atoms with Crippen LogP contribution in [0.3, 0.4) is 0 Å². The van der Waals surface area contributed by atoms with E-state index in [1.54, 1.807) is 6.20 Å². The fraction of sp³-hybridized carbons (Fsp3) is 0.125. The van der Waals surface area contributed by atoms with Gasteiger partial charge in [-0.25, -0.2) is 15.0 Å². The normalized spacial score (nSPS) is 10.6. The van der Waals surface area contributed by atoms with Gasteiger partial charge in [-0.3, -0.25) is 10.1 Å². The van der Waals surface area contributed by atoms with Gasteiger partial charge < -0.3 is 5.73 Å². The van der Waals surface area contributed by atoms with Crippen LogP contribution in [-0.4, -0.2) is 20.9 Å². The van der Waals surface area contributed by atoms with Crippen LogP contribution in [0.4, 0.5) is 10.9 Å². The van der Waals surface area contributed by atoms with Crippen LogP contribution in [0.2, 0.25) is 5.02 Å². The Kier molecular flexibility index (Phi) is 4.73. The number of carbonyl (C=O) groups is 1. The monoisotopic (exact) mass is 359 g/mol. The number of rotatable bonds is 4. The van der Waals surface area contributed by atoms with Gasteiger partial charge in [0.2, 0.25) is 0 Å². The van der Waals surface area contributed by atoms with E-state index in [1.807, 2.05) is 25.1 Å². The summed E-state index contributed by atoms with van der Waals surface area (Å²) in [6.07, 6.45) is 5.27. The molecule has 0 saturated heterocycles. The Balaban J connectivity index is 1.70. The summed E-state index contributed by atoms with van der Waals surface area (Å²) in [6, 6.07) is 5.95. The van der Waals surface area contributed by atoms with Crippen molar-refractivity contribution in [3.63, 3.8) is 0 Å². The summed E-state index contributed by atoms with van der Waals surface area (Å²) in [5.41, 5.74) is 7.86. The Morgan fingerprint density at radius 3 is 2.83 bits per heavy atom. The first-order valence-electron chi connectivity index (χ1n) is 7.10. The van der Waals surface area contributed by atoms with Gasteiger partial charge in [-0.15, -0.1) is 11.3 Å². The van der Waals surface area contributed by atoms with E-state index in [-0.39, 0.29) is 11.5 Å². The quantitative estimate of drug-likeness (QED) is 0.745. The van der Waals surface area contributed by atoms with Crippen LogP contribution in [0.1, 0.15) is 26.5 Å². The number of anilines is 2. The second kappa shape index (κ2) is 6.94. The molecule has 3 N–H and O–H groups in total. The summed E-state index contributed by atoms with van der Waals surface area (Å²) < 4.78 is 0. The van der Waals surface area contributed by atoms with Crippen LogP contribution in [0.15, 0.2) is 36.8 Å². The molecule has 0 unspecified atom stereocenters. The van der Waals surface area contributed by atoms with Gasteiger partial charge >= 0.3 is 0 Å². The minimum atomic E-state index is -0.431. The molecule has 0 saturated carbocycles. The predicted molar refractivity (Wildman–Crippen MR) is 95.5 cm³/mol. The summed E-state index contributed by atoms with van der Waals surface area (Å²) >= 11 is 7.53. The van der Waals surface area contributed by atoms with Gasteiger partial charge in [-0.1, -0.05) is 23.7 Å². The minimum absolute atomic E-state index is 0.0829. The largest absolute Gasteiger partial charge is 0.382 e. The highest BCUT2D eigenvalue weighted by molar-refractivity contribution is 7.15. The van der Waals surface area contributed by atoms with Crippen LogP contribution < -0.4 is 11.1 Å². The van der Waals surface area contributed by atoms with Crippen LogP contribution in [-0.2, 0) is 6.42 Å². The predicted octanol–water partition coefficient (Wildman–Crippen LogP) is 3.32. The maximum absolute atomic E-state index is 12.1. The fourth-order valence-corrected chi connectivity index (χ4v) is 3.12. The number of aryl methyl sites for hydroxylation is 1. The van der Waals surface area contributed by atoms with E-state index < -0.39 is 5.91 Å². The highest BCUT2D eigenvalue weighted by Gasteiger charge is 2.14. The Morgan fingerprint density at radius 2 is 2.08 bits per heavy atom. The van der Waals surface area contributed by atoms with E-state index in [2.05, 4.69) is 20.3 Å². The van der Waals surface area contributed by atoms with Crippen molar-refractivity contribution in [1.82, 2.24) is 15.0 Å². The number of nitrogens with one attached hydrogen (secondary N) is 1. The molecule has 3 rings (SSSR count). The van der Waals surface area contributed by atoms with Crippen LogP contribution in [0.25, 0.3) is 0 Å². The van der Waals surface area contributed by atoms with Crippen LogP contribution in [0.5, 0.6) is 0 Å². The Hall–Kier alpha value is -2.51. The average Bonchev–Trinajstić information content (AvgIpc) is 2.98. The molecule has 8 heteroatoms. The number of hydrogen-bond acceptors (Lipinski definition) is 6. The van der Waals surface area contributed by atoms with Crippen molar-refractivity contribution >= 4 is 39.8 Å². The van der Waals surface area contributed by atoms with Gasteiger partial charge in [0.15, 0.2) is 16.6 Å². The van der Waals surface area contributed by atoms with Gasteiger partial charge in [-0.2, -0.15) is 0 Å². The van der Waals surface area contributed by atoms with Gasteiger partial charge in [0.05, 0.1) is 0 Å². The number of halogens is 1. The molecule has 1 aromatic carbocycles. The Morgan fingerprint density at radius 1 is 1.29 bits per heavy atom. The molecule has 0 atom stereocenters. The number of nitrogen functional groups attached to an aromatic ring is 1. The number of thiazole rings is 1. The molecule has 6 nitrogen and oxygen atoms in total. The highest BCUT2D eigenvalue weighted by atomic mass is 35.5. The summed E-state index contributed by atoms with van der Waals surface area (Å²) in [6.45, 7) is 1.96. The standard InChI is InChI=1S/C16H14ClN5OS/c1-9-2-3-10(7-12(9)17)6-11-8-21-16(24-11)22-15(23)13-14(18)20-5-4-19-13/h2-5,7-8H,6H2,1H3,(H2,18,20)(H,21,22,23). The van der Waals surface area contributed by atoms with Crippen molar-refractivity contribution in [2.45, 2.75) is 13.3 Å². The first-order valence-corrected chi connectivity index (χ1v) is 8.30. The lowest BCUT2D eigenvalue weighted by Crippen LogP contribution is -2.16. The molecule has 2 aromatic heterocycles. The van der Waals surface area contributed by atoms with E-state index in [9.17, 15) is 4.79 Å². The zero-order valence-electron chi connectivity index (χ0n) is 12.8. The van der Waals surface area contributed by atoms with E-state index in [4.69, 9.17) is 17.3 Å². The number of benzene rings is 1. The second-order valence-corrected chi connectivity index (χ2v) is 6.66. The van der Waals surface area contributed by atoms with E-state index in [0.717, 1.165) is 21.0 Å². The minimum Gasteiger partial charge on any atom is -0.382 e. The number of nitrogens with two attached hydrogens (primary N) is 1. The van der Waals surface area contributed by atoms with E-state index >= 15 is 0 Å². The Bertz CT molecular complexity index is 896. The lowest BCUT2D eigenvalue weighted by Gasteiger charge is -2.03. The maximum atomic E-state index is 12.1. The fourth-order valence-electron chi connectivity index (χ4n) is 2.07. The topological polar surface area (TPSA) is 93.8 Å². The van der Waals surface area contributed by atoms with Crippen LogP contribution in [0, 0.1) is 6.92 Å². The first kappa shape index (κ1) is 16.4. The van der Waals surface area contributed by atoms with Crippen molar-refractivity contribution < 1.29 is 4.79 Å². The average molecular weight is 360 g/mol. The molecule has 1 amide bonds. The van der Waals surface area contributed by atoms with Gasteiger partial charge in [0.1, 0.15) is 0 Å². The van der Waals surface area contributed by atoms with Crippen molar-refractivity contribution in [3.8, 4) is 0 Å². The molecule has 24 heavy (non-hydrogen) atoms. The van der Waals surface area contributed by atoms with Crippen LogP contribution >= 0.6 is 22.9 Å². The zero-order chi connectivity index (χ0) is 17.1. The van der Waals surface area contributed by atoms with Gasteiger partial charge in [0, 0.05) is 34.9 Å². The third-order valence-electron chi connectivity index (χ3n) is 3.33. The molecule has 0 spiro atoms. The molecular formula is C16H14ClN5OS. The third kappa shape index (κ3) is 3.69. The molecule has 0 fully saturated rings. The molecule has 0 bridgehead atoms. The molecule has 0 aliphatic rings. The van der Waals surface area contributed by atoms with Crippen molar-refractivity contribution in [2.24, 2.45) is 0 Å². The third-order valence-corrected chi connectivity index (χ3v) is 4.65. The molecule has 0 radical (unpaired) electrons. The number of amides is 1. The molecule has 3 aromatic rings. The SMILES string of the molecule is Cc1ccc(Cc2cnc(NC(=O)c3nccnc3N)s2)cc1Cl. The smallest absolute Gasteiger partial charge is 0.279 e. The molecule has 2 heterocycles. The van der Waals surface area contributed by atoms with Gasteiger partial charge in [-0.05, 0) is 24.1 Å². The zero-order valence-corrected chi connectivity index (χ0v) is 14.4. The van der Waals surface area contributed by atoms with Crippen molar-refractivity contribution in [3.05, 3.63) is 63.5 Å². The van der Waals surface area contributed by atoms with Gasteiger partial charge in [0.25, 0.3) is 5.91 Å². The molecular weight excluding hydrogens is 346 g/mol. The van der Waals surface area contributed by atoms with Crippen molar-refractivity contribution in [2.75, 3.05) is 11.1 Å². The lowest BCUT2D eigenvalue weighted by molar-refractivity contribution is 0.102. The van der Waals surface area contributed by atoms with Crippen molar-refractivity contribution in [1.29, 1.82) is 0 Å². The number of carbonyl (C=O) groups excluding carboxylic acids is 1. The summed E-state index contributed by atoms with van der Waals surface area (Å²) in [4.78, 5) is 25.1. The van der Waals surface area contributed by atoms with E-state index in [0.29, 0.717) is 11.6 Å². The number of aromatic nitrogens is 3. The summed E-state index contributed by atoms with van der Waals surface area (Å²) in [7, 11) is 0. The number of hydrogen-bond donors (Lipinski definition) is 2. The molecule has 0 aliphatic heterocycles. The highest BCUT2D eigenvalue weighted by Crippen LogP contribution is 2.24. The number of nitrogens with zero attached hydrogens (tertiary/aromatic N) is 3. The molecule has 122 valence electrons. The lowest BCUT2D eigenvalue weighted by atomic mass is 10.1. The maximum Gasteiger partial charge on any atom is 0.279 e. The Labute approximate surface area is 147 Å². The first-order chi connectivity index (χ1) is 11.5. The van der Waals surface area contributed by atoms with E-state index in [1.165, 1.54) is 23.7 Å². The summed E-state index contributed by atoms with van der Waals surface area (Å²) in [5.74, 6) is -0.346. The summed E-state index contributed by atoms with van der Waals surface area (Å²) in [5, 5.41) is 3.91. The second-order valence-electron chi connectivity index (χ2n) is 5.14. The molecule has 0 aliphatic carbocycles.